The molecule has 1 amide bonds. The first-order valence-corrected chi connectivity index (χ1v) is 6.83. The lowest BCUT2D eigenvalue weighted by Crippen LogP contribution is -2.10. The number of methoxy groups -OCH3 is 3. The molecule has 2 N–H and O–H groups in total. The van der Waals surface area contributed by atoms with E-state index in [0.717, 1.165) is 5.56 Å². The number of benzene rings is 2. The predicted octanol–water partition coefficient (Wildman–Crippen LogP) is 2.56. The van der Waals surface area contributed by atoms with E-state index in [0.29, 0.717) is 28.5 Å². The van der Waals surface area contributed by atoms with E-state index in [1.165, 1.54) is 7.11 Å². The molecule has 0 atom stereocenters. The first-order valence-electron chi connectivity index (χ1n) is 6.83. The van der Waals surface area contributed by atoms with Crippen LogP contribution in [0.15, 0.2) is 41.4 Å². The molecule has 0 unspecified atom stereocenters. The highest BCUT2D eigenvalue weighted by atomic mass is 16.5. The SMILES string of the molecule is COc1cc(C=Nc2ccccc2C(N)=O)cc(OC)c1OC. The molecule has 120 valence electrons. The van der Waals surface area contributed by atoms with Crippen molar-refractivity contribution in [2.24, 2.45) is 10.7 Å². The normalized spacial score (nSPS) is 10.6. The number of nitrogens with two attached hydrogens (primary N) is 1. The van der Waals surface area contributed by atoms with Crippen LogP contribution in [0.25, 0.3) is 0 Å². The highest BCUT2D eigenvalue weighted by Gasteiger charge is 2.12. The maximum atomic E-state index is 11.4. The second kappa shape index (κ2) is 7.31. The number of ether oxygens (including phenoxy) is 3. The Labute approximate surface area is 134 Å². The van der Waals surface area contributed by atoms with Crippen molar-refractivity contribution in [3.8, 4) is 17.2 Å². The number of rotatable bonds is 6. The van der Waals surface area contributed by atoms with Gasteiger partial charge >= 0.3 is 0 Å². The van der Waals surface area contributed by atoms with Gasteiger partial charge in [-0.25, -0.2) is 0 Å². The number of carbonyl (C=O) groups is 1. The van der Waals surface area contributed by atoms with Crippen LogP contribution in [-0.2, 0) is 0 Å². The first kappa shape index (κ1) is 16.4. The van der Waals surface area contributed by atoms with Crippen LogP contribution in [0.2, 0.25) is 0 Å². The molecule has 2 aromatic rings. The molecule has 0 heterocycles. The molecular formula is C17H18N2O4. The van der Waals surface area contributed by atoms with Gasteiger partial charge in [0.05, 0.1) is 32.6 Å². The number of aliphatic imine (C=N–C) groups is 1. The van der Waals surface area contributed by atoms with E-state index >= 15 is 0 Å². The van der Waals surface area contributed by atoms with Crippen LogP contribution in [0.1, 0.15) is 15.9 Å². The number of hydrogen-bond donors (Lipinski definition) is 1. The van der Waals surface area contributed by atoms with Gasteiger partial charge in [-0.3, -0.25) is 9.79 Å². The lowest BCUT2D eigenvalue weighted by Gasteiger charge is -2.12. The lowest BCUT2D eigenvalue weighted by molar-refractivity contribution is 0.100. The van der Waals surface area contributed by atoms with E-state index in [2.05, 4.69) is 4.99 Å². The molecule has 0 spiro atoms. The van der Waals surface area contributed by atoms with Crippen LogP contribution in [-0.4, -0.2) is 33.5 Å². The molecule has 0 radical (unpaired) electrons. The molecule has 0 bridgehead atoms. The van der Waals surface area contributed by atoms with Gasteiger partial charge in [0.25, 0.3) is 5.91 Å². The quantitative estimate of drug-likeness (QED) is 0.831. The maximum absolute atomic E-state index is 11.4. The Bertz CT molecular complexity index is 716. The zero-order valence-electron chi connectivity index (χ0n) is 13.2. The van der Waals surface area contributed by atoms with Crippen LogP contribution in [0, 0.1) is 0 Å². The third-order valence-electron chi connectivity index (χ3n) is 3.21. The average Bonchev–Trinajstić information content (AvgIpc) is 2.58. The molecule has 6 nitrogen and oxygen atoms in total. The fraction of sp³-hybridized carbons (Fsp3) is 0.176. The third-order valence-corrected chi connectivity index (χ3v) is 3.21. The maximum Gasteiger partial charge on any atom is 0.250 e. The van der Waals surface area contributed by atoms with Gasteiger partial charge in [-0.2, -0.15) is 0 Å². The van der Waals surface area contributed by atoms with Crippen molar-refractivity contribution in [3.63, 3.8) is 0 Å². The Morgan fingerprint density at radius 1 is 1.04 bits per heavy atom. The van der Waals surface area contributed by atoms with Gasteiger partial charge < -0.3 is 19.9 Å². The fourth-order valence-corrected chi connectivity index (χ4v) is 2.11. The highest BCUT2D eigenvalue weighted by Crippen LogP contribution is 2.37. The van der Waals surface area contributed by atoms with Gasteiger partial charge in [0.1, 0.15) is 0 Å². The second-order valence-electron chi connectivity index (χ2n) is 4.60. The standard InChI is InChI=1S/C17H18N2O4/c1-21-14-8-11(9-15(22-2)16(14)23-3)10-19-13-7-5-4-6-12(13)17(18)20/h4-10H,1-3H3,(H2,18,20). The van der Waals surface area contributed by atoms with Crippen LogP contribution in [0.5, 0.6) is 17.2 Å². The molecule has 2 aromatic carbocycles. The number of hydrogen-bond acceptors (Lipinski definition) is 5. The summed E-state index contributed by atoms with van der Waals surface area (Å²) in [5, 5.41) is 0. The zero-order valence-corrected chi connectivity index (χ0v) is 13.2. The fourth-order valence-electron chi connectivity index (χ4n) is 2.11. The topological polar surface area (TPSA) is 83.1 Å². The summed E-state index contributed by atoms with van der Waals surface area (Å²) in [5.41, 5.74) is 6.93. The first-order chi connectivity index (χ1) is 11.1. The minimum absolute atomic E-state index is 0.358. The molecule has 0 aliphatic rings. The molecule has 2 rings (SSSR count). The van der Waals surface area contributed by atoms with Gasteiger partial charge in [0.2, 0.25) is 5.75 Å². The minimum atomic E-state index is -0.525. The van der Waals surface area contributed by atoms with Crippen molar-refractivity contribution >= 4 is 17.8 Å². The molecule has 0 aromatic heterocycles. The summed E-state index contributed by atoms with van der Waals surface area (Å²) in [6.07, 6.45) is 1.60. The Kier molecular flexibility index (Phi) is 5.19. The van der Waals surface area contributed by atoms with E-state index in [4.69, 9.17) is 19.9 Å². The van der Waals surface area contributed by atoms with E-state index in [-0.39, 0.29) is 0 Å². The van der Waals surface area contributed by atoms with Gasteiger partial charge in [-0.1, -0.05) is 12.1 Å². The Balaban J connectivity index is 2.42. The van der Waals surface area contributed by atoms with Gasteiger partial charge in [0.15, 0.2) is 11.5 Å². The summed E-state index contributed by atoms with van der Waals surface area (Å²) in [6.45, 7) is 0. The second-order valence-corrected chi connectivity index (χ2v) is 4.60. The smallest absolute Gasteiger partial charge is 0.250 e. The lowest BCUT2D eigenvalue weighted by atomic mass is 10.1. The average molecular weight is 314 g/mol. The highest BCUT2D eigenvalue weighted by molar-refractivity contribution is 5.99. The van der Waals surface area contributed by atoms with Crippen LogP contribution < -0.4 is 19.9 Å². The number of primary amides is 1. The van der Waals surface area contributed by atoms with Gasteiger partial charge in [-0.15, -0.1) is 0 Å². The zero-order chi connectivity index (χ0) is 16.8. The molecule has 0 saturated heterocycles. The minimum Gasteiger partial charge on any atom is -0.493 e. The number of para-hydroxylation sites is 1. The Hall–Kier alpha value is -3.02. The Morgan fingerprint density at radius 3 is 2.17 bits per heavy atom. The summed E-state index contributed by atoms with van der Waals surface area (Å²) >= 11 is 0. The largest absolute Gasteiger partial charge is 0.493 e. The molecule has 23 heavy (non-hydrogen) atoms. The monoisotopic (exact) mass is 314 g/mol. The Morgan fingerprint density at radius 2 is 1.65 bits per heavy atom. The van der Waals surface area contributed by atoms with Crippen LogP contribution in [0.3, 0.4) is 0 Å². The van der Waals surface area contributed by atoms with Crippen molar-refractivity contribution in [2.45, 2.75) is 0 Å². The summed E-state index contributed by atoms with van der Waals surface area (Å²) in [7, 11) is 4.62. The van der Waals surface area contributed by atoms with Crippen molar-refractivity contribution in [2.75, 3.05) is 21.3 Å². The molecule has 0 fully saturated rings. The number of amides is 1. The van der Waals surface area contributed by atoms with E-state index in [9.17, 15) is 4.79 Å². The van der Waals surface area contributed by atoms with Crippen molar-refractivity contribution in [1.29, 1.82) is 0 Å². The third kappa shape index (κ3) is 3.60. The van der Waals surface area contributed by atoms with E-state index in [1.807, 2.05) is 0 Å². The van der Waals surface area contributed by atoms with E-state index in [1.54, 1.807) is 56.8 Å². The number of nitrogens with zero attached hydrogens (tertiary/aromatic N) is 1. The number of carbonyl (C=O) groups excluding carboxylic acids is 1. The van der Waals surface area contributed by atoms with Crippen molar-refractivity contribution < 1.29 is 19.0 Å². The molecule has 0 saturated carbocycles. The van der Waals surface area contributed by atoms with Gasteiger partial charge in [-0.05, 0) is 24.3 Å². The van der Waals surface area contributed by atoms with Gasteiger partial charge in [0, 0.05) is 11.8 Å². The molecule has 0 aliphatic heterocycles. The summed E-state index contributed by atoms with van der Waals surface area (Å²) in [4.78, 5) is 15.7. The van der Waals surface area contributed by atoms with Crippen molar-refractivity contribution in [3.05, 3.63) is 47.5 Å². The van der Waals surface area contributed by atoms with Crippen LogP contribution >= 0.6 is 0 Å². The molecule has 6 heteroatoms. The van der Waals surface area contributed by atoms with Crippen molar-refractivity contribution in [1.82, 2.24) is 0 Å². The van der Waals surface area contributed by atoms with Crippen LogP contribution in [0.4, 0.5) is 5.69 Å². The summed E-state index contributed by atoms with van der Waals surface area (Å²) in [5.74, 6) is 1.03. The summed E-state index contributed by atoms with van der Waals surface area (Å²) < 4.78 is 15.9. The van der Waals surface area contributed by atoms with E-state index < -0.39 is 5.91 Å². The molecular weight excluding hydrogens is 296 g/mol. The summed E-state index contributed by atoms with van der Waals surface area (Å²) in [6, 6.07) is 10.4. The predicted molar refractivity (Wildman–Crippen MR) is 88.3 cm³/mol. The molecule has 0 aliphatic carbocycles.